The van der Waals surface area contributed by atoms with Crippen LogP contribution in [0.2, 0.25) is 0 Å². The highest BCUT2D eigenvalue weighted by atomic mass is 32.1. The molecule has 0 saturated carbocycles. The highest BCUT2D eigenvalue weighted by molar-refractivity contribution is 7.20. The van der Waals surface area contributed by atoms with E-state index >= 15 is 0 Å². The molecule has 114 valence electrons. The van der Waals surface area contributed by atoms with Gasteiger partial charge in [0.1, 0.15) is 5.75 Å². The molecule has 8 heteroatoms. The molecule has 1 N–H and O–H groups in total. The second-order valence-electron chi connectivity index (χ2n) is 5.00. The van der Waals surface area contributed by atoms with Gasteiger partial charge in [0, 0.05) is 11.5 Å². The van der Waals surface area contributed by atoms with Crippen molar-refractivity contribution in [1.29, 1.82) is 0 Å². The lowest BCUT2D eigenvalue weighted by atomic mass is 10.2. The summed E-state index contributed by atoms with van der Waals surface area (Å²) in [5.74, 6) is 1.16. The Morgan fingerprint density at radius 3 is 2.91 bits per heavy atom. The van der Waals surface area contributed by atoms with Crippen molar-refractivity contribution in [3.63, 3.8) is 0 Å². The van der Waals surface area contributed by atoms with Gasteiger partial charge in [0.15, 0.2) is 5.82 Å². The van der Waals surface area contributed by atoms with Crippen LogP contribution >= 0.6 is 11.3 Å². The number of nitrogens with zero attached hydrogens (tertiary/aromatic N) is 4. The maximum Gasteiger partial charge on any atom is 0.236 e. The Hall–Kier alpha value is -2.48. The van der Waals surface area contributed by atoms with Crippen molar-refractivity contribution in [3.05, 3.63) is 24.3 Å². The number of ether oxygens (including phenoxy) is 1. The van der Waals surface area contributed by atoms with E-state index in [-0.39, 0.29) is 11.8 Å². The van der Waals surface area contributed by atoms with Crippen LogP contribution in [0, 0.1) is 5.92 Å². The average Bonchev–Trinajstić information content (AvgIpc) is 3.06. The van der Waals surface area contributed by atoms with Crippen molar-refractivity contribution in [2.75, 3.05) is 12.4 Å². The molecule has 0 aliphatic rings. The zero-order valence-electron chi connectivity index (χ0n) is 12.4. The summed E-state index contributed by atoms with van der Waals surface area (Å²) in [4.78, 5) is 12.4. The molecule has 22 heavy (non-hydrogen) atoms. The number of hydrogen-bond donors (Lipinski definition) is 1. The first kappa shape index (κ1) is 14.5. The van der Waals surface area contributed by atoms with E-state index in [1.54, 1.807) is 11.6 Å². The normalized spacial score (nSPS) is 11.1. The summed E-state index contributed by atoms with van der Waals surface area (Å²) in [6, 6.07) is 7.51. The first-order chi connectivity index (χ1) is 10.6. The predicted octanol–water partition coefficient (Wildman–Crippen LogP) is 2.46. The number of carbonyl (C=O) groups excluding carboxylic acids is 1. The van der Waals surface area contributed by atoms with Crippen molar-refractivity contribution in [1.82, 2.24) is 19.8 Å². The van der Waals surface area contributed by atoms with Gasteiger partial charge in [-0.15, -0.1) is 15.3 Å². The third-order valence-electron chi connectivity index (χ3n) is 3.07. The molecule has 1 aromatic carbocycles. The van der Waals surface area contributed by atoms with Crippen LogP contribution in [0.1, 0.15) is 13.8 Å². The van der Waals surface area contributed by atoms with Crippen molar-refractivity contribution in [3.8, 4) is 17.1 Å². The van der Waals surface area contributed by atoms with Gasteiger partial charge in [-0.3, -0.25) is 4.79 Å². The molecule has 0 aliphatic heterocycles. The van der Waals surface area contributed by atoms with Gasteiger partial charge in [0.05, 0.1) is 7.11 Å². The number of rotatable bonds is 4. The smallest absolute Gasteiger partial charge is 0.236 e. The van der Waals surface area contributed by atoms with Crippen molar-refractivity contribution in [2.24, 2.45) is 5.92 Å². The van der Waals surface area contributed by atoms with Gasteiger partial charge >= 0.3 is 0 Å². The minimum absolute atomic E-state index is 0.0760. The van der Waals surface area contributed by atoms with E-state index in [0.29, 0.717) is 15.9 Å². The van der Waals surface area contributed by atoms with E-state index in [0.717, 1.165) is 11.3 Å². The number of benzene rings is 1. The number of carbonyl (C=O) groups is 1. The van der Waals surface area contributed by atoms with E-state index in [1.165, 1.54) is 11.3 Å². The molecular weight excluding hydrogens is 302 g/mol. The van der Waals surface area contributed by atoms with Gasteiger partial charge in [-0.25, -0.2) is 0 Å². The summed E-state index contributed by atoms with van der Waals surface area (Å²) in [6.07, 6.45) is 0. The summed E-state index contributed by atoms with van der Waals surface area (Å²) >= 11 is 1.28. The average molecular weight is 317 g/mol. The summed E-state index contributed by atoms with van der Waals surface area (Å²) in [5.41, 5.74) is 0.846. The number of methoxy groups -OCH3 is 1. The highest BCUT2D eigenvalue weighted by Gasteiger charge is 2.16. The number of amides is 1. The molecule has 7 nitrogen and oxygen atoms in total. The maximum atomic E-state index is 11.7. The molecule has 0 saturated heterocycles. The Morgan fingerprint density at radius 1 is 1.36 bits per heavy atom. The SMILES string of the molecule is COc1cccc(-c2nnc3sc(NC(=O)C(C)C)nn23)c1. The molecule has 3 aromatic rings. The van der Waals surface area contributed by atoms with E-state index in [9.17, 15) is 4.79 Å². The van der Waals surface area contributed by atoms with E-state index in [4.69, 9.17) is 4.74 Å². The van der Waals surface area contributed by atoms with Gasteiger partial charge in [0.25, 0.3) is 0 Å². The molecule has 3 rings (SSSR count). The molecule has 0 aliphatic carbocycles. The van der Waals surface area contributed by atoms with Crippen LogP contribution in [0.5, 0.6) is 5.75 Å². The second kappa shape index (κ2) is 5.72. The van der Waals surface area contributed by atoms with Gasteiger partial charge in [-0.2, -0.15) is 4.52 Å². The minimum atomic E-state index is -0.104. The molecular formula is C14H15N5O2S. The molecule has 0 fully saturated rings. The summed E-state index contributed by atoms with van der Waals surface area (Å²) in [7, 11) is 1.61. The van der Waals surface area contributed by atoms with E-state index in [1.807, 2.05) is 38.1 Å². The third-order valence-corrected chi connectivity index (χ3v) is 3.89. The largest absolute Gasteiger partial charge is 0.497 e. The van der Waals surface area contributed by atoms with Crippen LogP contribution in [0.25, 0.3) is 16.3 Å². The fourth-order valence-electron chi connectivity index (χ4n) is 1.86. The maximum absolute atomic E-state index is 11.7. The van der Waals surface area contributed by atoms with Crippen LogP contribution in [-0.2, 0) is 4.79 Å². The number of nitrogens with one attached hydrogen (secondary N) is 1. The number of hydrogen-bond acceptors (Lipinski definition) is 6. The van der Waals surface area contributed by atoms with Crippen molar-refractivity contribution >= 4 is 27.3 Å². The Balaban J connectivity index is 1.97. The molecule has 0 radical (unpaired) electrons. The van der Waals surface area contributed by atoms with Crippen LogP contribution in [0.4, 0.5) is 5.13 Å². The van der Waals surface area contributed by atoms with Gasteiger partial charge in [-0.1, -0.05) is 37.3 Å². The first-order valence-corrected chi connectivity index (χ1v) is 7.57. The Bertz CT molecular complexity index is 824. The predicted molar refractivity (Wildman–Crippen MR) is 84.1 cm³/mol. The first-order valence-electron chi connectivity index (χ1n) is 6.76. The van der Waals surface area contributed by atoms with Crippen LogP contribution in [0.3, 0.4) is 0 Å². The van der Waals surface area contributed by atoms with Gasteiger partial charge in [-0.05, 0) is 12.1 Å². The van der Waals surface area contributed by atoms with E-state index < -0.39 is 0 Å². The number of anilines is 1. The lowest BCUT2D eigenvalue weighted by molar-refractivity contribution is -0.118. The van der Waals surface area contributed by atoms with Crippen LogP contribution < -0.4 is 10.1 Å². The molecule has 0 bridgehead atoms. The molecule has 2 heterocycles. The highest BCUT2D eigenvalue weighted by Crippen LogP contribution is 2.26. The quantitative estimate of drug-likeness (QED) is 0.799. The Labute approximate surface area is 130 Å². The van der Waals surface area contributed by atoms with Crippen LogP contribution in [0.15, 0.2) is 24.3 Å². The summed E-state index contributed by atoms with van der Waals surface area (Å²) < 4.78 is 6.84. The van der Waals surface area contributed by atoms with E-state index in [2.05, 4.69) is 20.6 Å². The van der Waals surface area contributed by atoms with Crippen molar-refractivity contribution in [2.45, 2.75) is 13.8 Å². The lowest BCUT2D eigenvalue weighted by Gasteiger charge is -2.03. The van der Waals surface area contributed by atoms with Gasteiger partial charge < -0.3 is 10.1 Å². The monoisotopic (exact) mass is 317 g/mol. The third kappa shape index (κ3) is 2.64. The number of fused-ring (bicyclic) bond motifs is 1. The Kier molecular flexibility index (Phi) is 3.76. The Morgan fingerprint density at radius 2 is 2.18 bits per heavy atom. The lowest BCUT2D eigenvalue weighted by Crippen LogP contribution is -2.17. The minimum Gasteiger partial charge on any atom is -0.497 e. The second-order valence-corrected chi connectivity index (χ2v) is 5.96. The van der Waals surface area contributed by atoms with Crippen molar-refractivity contribution < 1.29 is 9.53 Å². The standard InChI is InChI=1S/C14H15N5O2S/c1-8(2)12(20)15-13-18-19-11(16-17-14(19)22-13)9-5-4-6-10(7-9)21-3/h4-8H,1-3H3,(H,15,18,20). The molecule has 0 atom stereocenters. The zero-order valence-corrected chi connectivity index (χ0v) is 13.2. The van der Waals surface area contributed by atoms with Gasteiger partial charge in [0.2, 0.25) is 16.0 Å². The van der Waals surface area contributed by atoms with Crippen LogP contribution in [-0.4, -0.2) is 32.8 Å². The topological polar surface area (TPSA) is 81.4 Å². The molecule has 2 aromatic heterocycles. The summed E-state index contributed by atoms with van der Waals surface area (Å²) in [6.45, 7) is 3.66. The number of aromatic nitrogens is 4. The fraction of sp³-hybridized carbons (Fsp3) is 0.286. The molecule has 0 spiro atoms. The molecule has 1 amide bonds. The summed E-state index contributed by atoms with van der Waals surface area (Å²) in [5, 5.41) is 15.9. The zero-order chi connectivity index (χ0) is 15.7. The fourth-order valence-corrected chi connectivity index (χ4v) is 2.60. The molecule has 0 unspecified atom stereocenters.